The third-order valence-corrected chi connectivity index (χ3v) is 9.43. The Bertz CT molecular complexity index is 841. The lowest BCUT2D eigenvalue weighted by Gasteiger charge is -2.41. The molecule has 0 bridgehead atoms. The number of aromatic nitrogens is 2. The molecule has 1 saturated carbocycles. The molecule has 2 unspecified atom stereocenters. The SMILES string of the molecule is CCCCCCOc1nsnc1C1=CCC[N+](C)(C(C)OC(=O)C2CCCCCCCCCCCCCC2)C1. The van der Waals surface area contributed by atoms with Crippen molar-refractivity contribution in [3.63, 3.8) is 0 Å². The highest BCUT2D eigenvalue weighted by Crippen LogP contribution is 2.32. The average Bonchev–Trinajstić information content (AvgIpc) is 3.39. The molecule has 1 aliphatic carbocycles. The monoisotopic (exact) mass is 562 g/mol. The second-order valence-corrected chi connectivity index (χ2v) is 12.8. The van der Waals surface area contributed by atoms with Gasteiger partial charge in [-0.3, -0.25) is 9.28 Å². The Kier molecular flexibility index (Phi) is 14.8. The second kappa shape index (κ2) is 18.1. The molecule has 1 fully saturated rings. The molecule has 39 heavy (non-hydrogen) atoms. The maximum absolute atomic E-state index is 13.5. The molecule has 6 nitrogen and oxygen atoms in total. The van der Waals surface area contributed by atoms with E-state index in [2.05, 4.69) is 35.7 Å². The zero-order chi connectivity index (χ0) is 27.8. The van der Waals surface area contributed by atoms with Crippen LogP contribution in [0.4, 0.5) is 0 Å². The quantitative estimate of drug-likeness (QED) is 0.162. The van der Waals surface area contributed by atoms with E-state index in [1.165, 1.54) is 95.2 Å². The van der Waals surface area contributed by atoms with Gasteiger partial charge in [0, 0.05) is 18.9 Å². The van der Waals surface area contributed by atoms with Crippen LogP contribution in [0.25, 0.3) is 5.57 Å². The second-order valence-electron chi connectivity index (χ2n) is 12.3. The fraction of sp³-hybridized carbons (Fsp3) is 0.844. The van der Waals surface area contributed by atoms with Crippen molar-refractivity contribution >= 4 is 23.3 Å². The van der Waals surface area contributed by atoms with Crippen LogP contribution in [0, 0.1) is 5.92 Å². The Balaban J connectivity index is 1.54. The van der Waals surface area contributed by atoms with Crippen LogP contribution in [0.1, 0.15) is 142 Å². The first-order valence-corrected chi connectivity index (χ1v) is 17.0. The number of nitrogens with zero attached hydrogens (tertiary/aromatic N) is 3. The van der Waals surface area contributed by atoms with Crippen molar-refractivity contribution in [3.05, 3.63) is 11.8 Å². The van der Waals surface area contributed by atoms with E-state index in [0.717, 1.165) is 62.9 Å². The number of ether oxygens (including phenoxy) is 2. The fourth-order valence-electron chi connectivity index (χ4n) is 6.04. The first kappa shape index (κ1) is 32.0. The smallest absolute Gasteiger partial charge is 0.313 e. The van der Waals surface area contributed by atoms with Crippen LogP contribution in [0.2, 0.25) is 0 Å². The third kappa shape index (κ3) is 11.1. The van der Waals surface area contributed by atoms with Crippen molar-refractivity contribution in [1.82, 2.24) is 8.75 Å². The molecule has 3 rings (SSSR count). The number of quaternary nitrogens is 1. The number of rotatable bonds is 10. The van der Waals surface area contributed by atoms with Crippen molar-refractivity contribution in [3.8, 4) is 5.88 Å². The molecular weight excluding hydrogens is 506 g/mol. The molecule has 0 spiro atoms. The molecule has 2 aliphatic rings. The zero-order valence-corrected chi connectivity index (χ0v) is 26.1. The first-order valence-electron chi connectivity index (χ1n) is 16.2. The van der Waals surface area contributed by atoms with E-state index in [0.29, 0.717) is 17.0 Å². The maximum Gasteiger partial charge on any atom is 0.313 e. The van der Waals surface area contributed by atoms with Gasteiger partial charge in [-0.1, -0.05) is 109 Å². The molecule has 0 N–H and O–H groups in total. The molecule has 0 radical (unpaired) electrons. The van der Waals surface area contributed by atoms with Crippen molar-refractivity contribution < 1.29 is 18.8 Å². The van der Waals surface area contributed by atoms with E-state index in [1.54, 1.807) is 0 Å². The lowest BCUT2D eigenvalue weighted by molar-refractivity contribution is -0.944. The number of hydrogen-bond donors (Lipinski definition) is 0. The highest BCUT2D eigenvalue weighted by atomic mass is 32.1. The maximum atomic E-state index is 13.5. The van der Waals surface area contributed by atoms with Crippen molar-refractivity contribution in [2.75, 3.05) is 26.7 Å². The van der Waals surface area contributed by atoms with Gasteiger partial charge in [0.25, 0.3) is 5.88 Å². The molecule has 2 atom stereocenters. The molecule has 1 aromatic rings. The van der Waals surface area contributed by atoms with Crippen LogP contribution in [-0.4, -0.2) is 52.2 Å². The molecule has 1 aromatic heterocycles. The van der Waals surface area contributed by atoms with E-state index < -0.39 is 0 Å². The van der Waals surface area contributed by atoms with Gasteiger partial charge in [-0.2, -0.15) is 4.37 Å². The predicted molar refractivity (Wildman–Crippen MR) is 162 cm³/mol. The van der Waals surface area contributed by atoms with Crippen molar-refractivity contribution in [2.24, 2.45) is 5.92 Å². The Labute approximate surface area is 242 Å². The molecule has 0 saturated heterocycles. The van der Waals surface area contributed by atoms with Crippen molar-refractivity contribution in [2.45, 2.75) is 142 Å². The molecule has 7 heteroatoms. The Morgan fingerprint density at radius 3 is 2.18 bits per heavy atom. The Morgan fingerprint density at radius 1 is 0.949 bits per heavy atom. The minimum absolute atomic E-state index is 0.0219. The van der Waals surface area contributed by atoms with Crippen LogP contribution < -0.4 is 4.74 Å². The van der Waals surface area contributed by atoms with Gasteiger partial charge in [0.2, 0.25) is 6.23 Å². The largest absolute Gasteiger partial charge is 0.475 e. The summed E-state index contributed by atoms with van der Waals surface area (Å²) in [6.45, 7) is 6.72. The standard InChI is InChI=1S/C32H56N3O3S/c1-4-5-6-19-25-37-31-30(33-39-34-31)29-23-20-24-35(3,26-29)27(2)38-32(36)28-21-17-15-13-11-9-7-8-10-12-14-16-18-22-28/h23,27-28H,4-22,24-26H2,1-3H3/q+1. The number of esters is 1. The molecule has 2 heterocycles. The Hall–Kier alpha value is -1.47. The van der Waals surface area contributed by atoms with Gasteiger partial charge >= 0.3 is 5.97 Å². The van der Waals surface area contributed by atoms with Gasteiger partial charge < -0.3 is 9.47 Å². The van der Waals surface area contributed by atoms with Crippen LogP contribution in [0.5, 0.6) is 5.88 Å². The van der Waals surface area contributed by atoms with E-state index in [-0.39, 0.29) is 18.1 Å². The highest BCUT2D eigenvalue weighted by Gasteiger charge is 2.37. The summed E-state index contributed by atoms with van der Waals surface area (Å²) >= 11 is 1.22. The summed E-state index contributed by atoms with van der Waals surface area (Å²) < 4.78 is 22.0. The Morgan fingerprint density at radius 2 is 1.56 bits per heavy atom. The summed E-state index contributed by atoms with van der Waals surface area (Å²) in [5.41, 5.74) is 2.04. The van der Waals surface area contributed by atoms with E-state index in [4.69, 9.17) is 9.47 Å². The minimum Gasteiger partial charge on any atom is -0.475 e. The predicted octanol–water partition coefficient (Wildman–Crippen LogP) is 8.71. The van der Waals surface area contributed by atoms with E-state index in [1.807, 2.05) is 0 Å². The lowest BCUT2D eigenvalue weighted by atomic mass is 9.94. The lowest BCUT2D eigenvalue weighted by Crippen LogP contribution is -2.55. The van der Waals surface area contributed by atoms with Gasteiger partial charge in [-0.05, 0) is 19.3 Å². The summed E-state index contributed by atoms with van der Waals surface area (Å²) in [5.74, 6) is 0.726. The number of likely N-dealkylation sites (N-methyl/N-ethyl adjacent to an activating group) is 1. The molecule has 1 aliphatic heterocycles. The first-order chi connectivity index (χ1) is 19.0. The van der Waals surface area contributed by atoms with Gasteiger partial charge in [0.1, 0.15) is 12.2 Å². The number of unbranched alkanes of at least 4 members (excludes halogenated alkanes) is 3. The van der Waals surface area contributed by atoms with E-state index >= 15 is 0 Å². The molecule has 0 amide bonds. The van der Waals surface area contributed by atoms with Crippen LogP contribution in [0.3, 0.4) is 0 Å². The van der Waals surface area contributed by atoms with Gasteiger partial charge in [-0.25, -0.2) is 0 Å². The van der Waals surface area contributed by atoms with Gasteiger partial charge in [0.15, 0.2) is 0 Å². The van der Waals surface area contributed by atoms with Crippen LogP contribution in [0.15, 0.2) is 6.08 Å². The van der Waals surface area contributed by atoms with E-state index in [9.17, 15) is 4.79 Å². The summed E-state index contributed by atoms with van der Waals surface area (Å²) in [7, 11) is 2.21. The van der Waals surface area contributed by atoms with Crippen molar-refractivity contribution in [1.29, 1.82) is 0 Å². The molecular formula is C32H56N3O3S+. The number of carbonyl (C=O) groups excluding carboxylic acids is 1. The number of hydrogen-bond acceptors (Lipinski definition) is 6. The topological polar surface area (TPSA) is 61.3 Å². The van der Waals surface area contributed by atoms with Crippen LogP contribution in [-0.2, 0) is 9.53 Å². The molecule has 222 valence electrons. The van der Waals surface area contributed by atoms with Gasteiger partial charge in [-0.15, -0.1) is 4.37 Å². The number of carbonyl (C=O) groups is 1. The fourth-order valence-corrected chi connectivity index (χ4v) is 6.57. The average molecular weight is 563 g/mol. The normalized spacial score (nSPS) is 23.7. The summed E-state index contributed by atoms with van der Waals surface area (Å²) in [4.78, 5) is 13.5. The third-order valence-electron chi connectivity index (χ3n) is 8.91. The van der Waals surface area contributed by atoms with Gasteiger partial charge in [0.05, 0.1) is 37.8 Å². The molecule has 0 aromatic carbocycles. The van der Waals surface area contributed by atoms with Crippen LogP contribution >= 0.6 is 11.7 Å². The highest BCUT2D eigenvalue weighted by molar-refractivity contribution is 6.99. The minimum atomic E-state index is -0.192. The summed E-state index contributed by atoms with van der Waals surface area (Å²) in [6.07, 6.45) is 25.3. The summed E-state index contributed by atoms with van der Waals surface area (Å²) in [5, 5.41) is 0. The summed E-state index contributed by atoms with van der Waals surface area (Å²) in [6, 6.07) is 0. The zero-order valence-electron chi connectivity index (χ0n) is 25.3.